The second-order valence-electron chi connectivity index (χ2n) is 6.52. The number of nitrogens with zero attached hydrogens (tertiary/aromatic N) is 2. The van der Waals surface area contributed by atoms with Crippen LogP contribution in [0.15, 0.2) is 4.99 Å². The van der Waals surface area contributed by atoms with E-state index in [9.17, 15) is 4.79 Å². The van der Waals surface area contributed by atoms with E-state index >= 15 is 0 Å². The Kier molecular flexibility index (Phi) is 5.57. The van der Waals surface area contributed by atoms with Crippen molar-refractivity contribution in [1.29, 1.82) is 5.26 Å². The molecule has 0 radical (unpaired) electrons. The van der Waals surface area contributed by atoms with Gasteiger partial charge in [-0.25, -0.2) is 9.79 Å². The molecule has 106 valence electrons. The predicted octanol–water partition coefficient (Wildman–Crippen LogP) is 3.58. The Morgan fingerprint density at radius 1 is 1.32 bits per heavy atom. The number of hydrogen-bond acceptors (Lipinski definition) is 4. The first kappa shape index (κ1) is 15.7. The van der Waals surface area contributed by atoms with Crippen molar-refractivity contribution in [3.63, 3.8) is 0 Å². The second kappa shape index (κ2) is 6.73. The monoisotopic (exact) mass is 264 g/mol. The Bertz CT molecular complexity index is 380. The minimum atomic E-state index is -0.0201. The van der Waals surface area contributed by atoms with Gasteiger partial charge in [0.1, 0.15) is 6.10 Å². The summed E-state index contributed by atoms with van der Waals surface area (Å²) >= 11 is 0. The van der Waals surface area contributed by atoms with Crippen LogP contribution in [0.2, 0.25) is 0 Å². The van der Waals surface area contributed by atoms with E-state index in [1.54, 1.807) is 6.08 Å². The Hall–Kier alpha value is -1.33. The summed E-state index contributed by atoms with van der Waals surface area (Å²) in [7, 11) is 0. The van der Waals surface area contributed by atoms with Crippen LogP contribution in [0, 0.1) is 22.3 Å². The lowest BCUT2D eigenvalue weighted by Crippen LogP contribution is -2.47. The minimum Gasteiger partial charge on any atom is -0.423 e. The molecule has 4 heteroatoms. The molecule has 1 rings (SSSR count). The van der Waals surface area contributed by atoms with E-state index in [2.05, 4.69) is 25.8 Å². The number of nitriles is 1. The fourth-order valence-corrected chi connectivity index (χ4v) is 3.53. The van der Waals surface area contributed by atoms with Crippen molar-refractivity contribution in [2.45, 2.75) is 65.4 Å². The molecule has 0 saturated heterocycles. The van der Waals surface area contributed by atoms with E-state index in [1.807, 2.05) is 6.26 Å². The Morgan fingerprint density at radius 3 is 2.68 bits per heavy atom. The lowest BCUT2D eigenvalue weighted by atomic mass is 9.60. The first-order valence-electron chi connectivity index (χ1n) is 7.05. The quantitative estimate of drug-likeness (QED) is 0.319. The number of rotatable bonds is 6. The molecular weight excluding hydrogens is 240 g/mol. The molecule has 0 aromatic carbocycles. The molecular formula is C15H24N2O2. The zero-order chi connectivity index (χ0) is 14.4. The van der Waals surface area contributed by atoms with Gasteiger partial charge in [0.25, 0.3) is 6.26 Å². The highest BCUT2D eigenvalue weighted by atomic mass is 16.5. The maximum absolute atomic E-state index is 10.0. The van der Waals surface area contributed by atoms with E-state index in [0.29, 0.717) is 6.54 Å². The van der Waals surface area contributed by atoms with Gasteiger partial charge in [-0.1, -0.05) is 33.6 Å². The maximum Gasteiger partial charge on any atom is 0.286 e. The van der Waals surface area contributed by atoms with Crippen molar-refractivity contribution >= 4 is 6.08 Å². The molecule has 0 spiro atoms. The van der Waals surface area contributed by atoms with Crippen LogP contribution in [0.5, 0.6) is 0 Å². The summed E-state index contributed by atoms with van der Waals surface area (Å²) in [4.78, 5) is 13.6. The van der Waals surface area contributed by atoms with Gasteiger partial charge in [-0.15, -0.1) is 0 Å². The van der Waals surface area contributed by atoms with Crippen LogP contribution in [-0.2, 0) is 9.53 Å². The Morgan fingerprint density at radius 2 is 2.05 bits per heavy atom. The van der Waals surface area contributed by atoms with Crippen molar-refractivity contribution in [1.82, 2.24) is 0 Å². The molecule has 1 fully saturated rings. The number of isocyanates is 1. The highest BCUT2D eigenvalue weighted by Crippen LogP contribution is 2.50. The van der Waals surface area contributed by atoms with Crippen LogP contribution < -0.4 is 0 Å². The SMILES string of the molecule is CC1(C)CCCC(C)(CCCCN=C=O)C1OC#N. The number of ether oxygens (including phenoxy) is 1. The van der Waals surface area contributed by atoms with Gasteiger partial charge in [0, 0.05) is 10.8 Å². The van der Waals surface area contributed by atoms with Crippen LogP contribution in [0.25, 0.3) is 0 Å². The van der Waals surface area contributed by atoms with Crippen molar-refractivity contribution in [3.8, 4) is 6.26 Å². The number of hydrogen-bond donors (Lipinski definition) is 0. The van der Waals surface area contributed by atoms with Crippen LogP contribution in [0.1, 0.15) is 59.3 Å². The number of unbranched alkanes of at least 4 members (excludes halogenated alkanes) is 1. The summed E-state index contributed by atoms with van der Waals surface area (Å²) < 4.78 is 5.41. The molecule has 0 heterocycles. The van der Waals surface area contributed by atoms with Crippen molar-refractivity contribution < 1.29 is 9.53 Å². The average molecular weight is 264 g/mol. The normalized spacial score (nSPS) is 29.1. The fourth-order valence-electron chi connectivity index (χ4n) is 3.53. The molecule has 0 N–H and O–H groups in total. The fraction of sp³-hybridized carbons (Fsp3) is 0.867. The molecule has 0 amide bonds. The third-order valence-electron chi connectivity index (χ3n) is 4.41. The molecule has 0 bridgehead atoms. The van der Waals surface area contributed by atoms with Gasteiger partial charge < -0.3 is 4.74 Å². The van der Waals surface area contributed by atoms with Crippen LogP contribution in [-0.4, -0.2) is 18.7 Å². The van der Waals surface area contributed by atoms with Gasteiger partial charge in [0.2, 0.25) is 6.08 Å². The van der Waals surface area contributed by atoms with E-state index in [4.69, 9.17) is 10.00 Å². The molecule has 0 aromatic rings. The highest BCUT2D eigenvalue weighted by molar-refractivity contribution is 5.32. The molecule has 1 aliphatic rings. The molecule has 0 aliphatic heterocycles. The van der Waals surface area contributed by atoms with Gasteiger partial charge >= 0.3 is 0 Å². The predicted molar refractivity (Wildman–Crippen MR) is 73.1 cm³/mol. The first-order chi connectivity index (χ1) is 8.96. The largest absolute Gasteiger partial charge is 0.423 e. The van der Waals surface area contributed by atoms with Crippen LogP contribution in [0.4, 0.5) is 0 Å². The van der Waals surface area contributed by atoms with Crippen molar-refractivity contribution in [2.24, 2.45) is 15.8 Å². The van der Waals surface area contributed by atoms with Gasteiger partial charge in [-0.3, -0.25) is 0 Å². The zero-order valence-corrected chi connectivity index (χ0v) is 12.2. The lowest BCUT2D eigenvalue weighted by molar-refractivity contribution is -0.0891. The Balaban J connectivity index is 2.64. The summed E-state index contributed by atoms with van der Waals surface area (Å²) in [5, 5.41) is 8.89. The summed E-state index contributed by atoms with van der Waals surface area (Å²) in [6, 6.07) is 0. The van der Waals surface area contributed by atoms with Gasteiger partial charge in [0.05, 0.1) is 6.54 Å². The topological polar surface area (TPSA) is 62.4 Å². The molecule has 1 saturated carbocycles. The van der Waals surface area contributed by atoms with E-state index < -0.39 is 0 Å². The average Bonchev–Trinajstić information content (AvgIpc) is 2.34. The van der Waals surface area contributed by atoms with Crippen LogP contribution >= 0.6 is 0 Å². The van der Waals surface area contributed by atoms with E-state index in [1.165, 1.54) is 6.42 Å². The number of aliphatic imine (C=N–C) groups is 1. The molecule has 0 aromatic heterocycles. The molecule has 2 atom stereocenters. The minimum absolute atomic E-state index is 0.0201. The van der Waals surface area contributed by atoms with Crippen molar-refractivity contribution in [2.75, 3.05) is 6.54 Å². The van der Waals surface area contributed by atoms with Gasteiger partial charge in [-0.05, 0) is 25.7 Å². The van der Waals surface area contributed by atoms with Crippen LogP contribution in [0.3, 0.4) is 0 Å². The van der Waals surface area contributed by atoms with E-state index in [-0.39, 0.29) is 16.9 Å². The third-order valence-corrected chi connectivity index (χ3v) is 4.41. The smallest absolute Gasteiger partial charge is 0.286 e. The maximum atomic E-state index is 10.0. The standard InChI is InChI=1S/C15H24N2O2/c1-14(2)7-6-9-15(3,13(14)19-11-16)8-4-5-10-17-12-18/h13H,4-10H2,1-3H3. The third kappa shape index (κ3) is 4.08. The number of carbonyl (C=O) groups excluding carboxylic acids is 1. The summed E-state index contributed by atoms with van der Waals surface area (Å²) in [6.45, 7) is 7.14. The molecule has 4 nitrogen and oxygen atoms in total. The summed E-state index contributed by atoms with van der Waals surface area (Å²) in [5.41, 5.74) is 0.0893. The first-order valence-corrected chi connectivity index (χ1v) is 7.05. The summed E-state index contributed by atoms with van der Waals surface area (Å²) in [5.74, 6) is 0. The zero-order valence-electron chi connectivity index (χ0n) is 12.2. The highest BCUT2D eigenvalue weighted by Gasteiger charge is 2.48. The molecule has 19 heavy (non-hydrogen) atoms. The van der Waals surface area contributed by atoms with Gasteiger partial charge in [0.15, 0.2) is 0 Å². The van der Waals surface area contributed by atoms with E-state index in [0.717, 1.165) is 32.1 Å². The van der Waals surface area contributed by atoms with Gasteiger partial charge in [-0.2, -0.15) is 5.26 Å². The molecule has 2 unspecified atom stereocenters. The second-order valence-corrected chi connectivity index (χ2v) is 6.52. The lowest BCUT2D eigenvalue weighted by Gasteiger charge is -2.48. The Labute approximate surface area is 115 Å². The molecule has 1 aliphatic carbocycles. The van der Waals surface area contributed by atoms with Crippen molar-refractivity contribution in [3.05, 3.63) is 0 Å². The summed E-state index contributed by atoms with van der Waals surface area (Å²) in [6.07, 6.45) is 9.72.